The summed E-state index contributed by atoms with van der Waals surface area (Å²) >= 11 is 3.89. The first-order valence-electron chi connectivity index (χ1n) is 0.204. The van der Waals surface area contributed by atoms with Crippen LogP contribution in [-0.2, 0) is 11.8 Å². The lowest BCUT2D eigenvalue weighted by molar-refractivity contribution is 2.50. The highest BCUT2D eigenvalue weighted by Crippen LogP contribution is 1.26. The maximum atomic E-state index is 3.89. The minimum absolute atomic E-state index is 0. The van der Waals surface area contributed by atoms with Crippen LogP contribution in [0.3, 0.4) is 0 Å². The Morgan fingerprint density at radius 1 is 1.00 bits per heavy atom. The minimum Gasteiger partial charge on any atom is -0.0776 e. The van der Waals surface area contributed by atoms with Crippen LogP contribution in [-0.4, -0.2) is 0 Å². The first-order valence-corrected chi connectivity index (χ1v) is 1.84. The fraction of sp³-hybridized carbons (Fsp3) is 1.00. The molecule has 0 spiro atoms. The third-order valence-corrected chi connectivity index (χ3v) is 0. The van der Waals surface area contributed by atoms with Crippen molar-refractivity contribution < 1.29 is 0 Å². The van der Waals surface area contributed by atoms with E-state index in [-0.39, 0.29) is 14.9 Å². The first-order chi connectivity index (χ1) is 1.00. The van der Waals surface area contributed by atoms with Gasteiger partial charge in [-0.3, -0.25) is 0 Å². The lowest BCUT2D eigenvalue weighted by Crippen LogP contribution is -0.399. The second-order valence-electron chi connectivity index (χ2n) is 0. The monoisotopic (exact) mass is 96.0 g/mol. The summed E-state index contributed by atoms with van der Waals surface area (Å²) in [5.74, 6) is 0. The highest BCUT2D eigenvalue weighted by molar-refractivity contribution is 7.88. The van der Waals surface area contributed by atoms with E-state index in [9.17, 15) is 0 Å². The van der Waals surface area contributed by atoms with E-state index in [1.54, 1.807) is 0 Å². The lowest BCUT2D eigenvalue weighted by atomic mass is 12.0. The SMILES string of the molecule is C.C.P=S. The smallest absolute Gasteiger partial charge is 0.0437 e. The van der Waals surface area contributed by atoms with E-state index in [1.807, 2.05) is 0 Å². The lowest BCUT2D eigenvalue weighted by Gasteiger charge is -0.760. The molecule has 0 aliphatic carbocycles. The van der Waals surface area contributed by atoms with Crippen LogP contribution in [0.25, 0.3) is 0 Å². The normalized spacial score (nSPS) is 1.00. The Morgan fingerprint density at radius 3 is 1.00 bits per heavy atom. The molecule has 0 rings (SSSR count). The van der Waals surface area contributed by atoms with Gasteiger partial charge >= 0.3 is 0 Å². The van der Waals surface area contributed by atoms with Crippen molar-refractivity contribution in [2.45, 2.75) is 14.9 Å². The molecular weight excluding hydrogens is 87.1 g/mol. The van der Waals surface area contributed by atoms with Gasteiger partial charge in [-0.15, -0.1) is 0 Å². The van der Waals surface area contributed by atoms with E-state index >= 15 is 0 Å². The summed E-state index contributed by atoms with van der Waals surface area (Å²) in [5, 5.41) is 0. The fourth-order valence-corrected chi connectivity index (χ4v) is 0. The fourth-order valence-electron chi connectivity index (χ4n) is 0. The zero-order valence-electron chi connectivity index (χ0n) is 0.908. The first kappa shape index (κ1) is 24.2. The van der Waals surface area contributed by atoms with Crippen molar-refractivity contribution in [3.8, 4) is 0 Å². The summed E-state index contributed by atoms with van der Waals surface area (Å²) in [7, 11) is 2.56. The van der Waals surface area contributed by atoms with Gasteiger partial charge in [-0.1, -0.05) is 26.7 Å². The van der Waals surface area contributed by atoms with Gasteiger partial charge in [-0.25, -0.2) is 0 Å². The zero-order valence-corrected chi connectivity index (χ0v) is 2.72. The van der Waals surface area contributed by atoms with Crippen LogP contribution < -0.4 is 0 Å². The largest absolute Gasteiger partial charge is 0.0776 e. The molecule has 0 radical (unpaired) electrons. The molecule has 2 heteroatoms. The van der Waals surface area contributed by atoms with E-state index in [2.05, 4.69) is 19.8 Å². The minimum atomic E-state index is 0. The Balaban J connectivity index is -0.00000000500. The van der Waals surface area contributed by atoms with Crippen LogP contribution in [0.2, 0.25) is 0 Å². The Kier molecular flexibility index (Phi) is 501. The zero-order chi connectivity index (χ0) is 2.00. The molecule has 0 aromatic rings. The van der Waals surface area contributed by atoms with Crippen molar-refractivity contribution in [2.75, 3.05) is 0 Å². The molecular formula is C2H9PS. The van der Waals surface area contributed by atoms with Crippen molar-refractivity contribution >= 4 is 19.8 Å². The third kappa shape index (κ3) is 21.5. The second-order valence-corrected chi connectivity index (χ2v) is 0. The third-order valence-electron chi connectivity index (χ3n) is 0. The summed E-state index contributed by atoms with van der Waals surface area (Å²) in [5.41, 5.74) is 0. The predicted octanol–water partition coefficient (Wildman–Crippen LogP) is 1.86. The number of rotatable bonds is 0. The Hall–Kier alpha value is 0.520. The molecule has 28 valence electrons. The summed E-state index contributed by atoms with van der Waals surface area (Å²) in [6.07, 6.45) is 0. The van der Waals surface area contributed by atoms with Gasteiger partial charge in [-0.05, 0) is 8.02 Å². The Labute approximate surface area is 35.5 Å². The van der Waals surface area contributed by atoms with Gasteiger partial charge in [0.1, 0.15) is 0 Å². The molecule has 0 bridgehead atoms. The van der Waals surface area contributed by atoms with Crippen LogP contribution in [0.1, 0.15) is 14.9 Å². The maximum Gasteiger partial charge on any atom is -0.0437 e. The molecule has 0 nitrogen and oxygen atoms in total. The van der Waals surface area contributed by atoms with Crippen molar-refractivity contribution in [1.29, 1.82) is 0 Å². The molecule has 0 aromatic heterocycles. The quantitative estimate of drug-likeness (QED) is 0.415. The molecule has 0 amide bonds. The van der Waals surface area contributed by atoms with E-state index in [4.69, 9.17) is 0 Å². The van der Waals surface area contributed by atoms with Crippen LogP contribution >= 0.6 is 8.02 Å². The number of hydrogen-bond acceptors (Lipinski definition) is 1. The van der Waals surface area contributed by atoms with E-state index in [0.29, 0.717) is 0 Å². The van der Waals surface area contributed by atoms with Gasteiger partial charge in [0.15, 0.2) is 0 Å². The molecule has 0 heterocycles. The van der Waals surface area contributed by atoms with Crippen molar-refractivity contribution in [2.24, 2.45) is 0 Å². The van der Waals surface area contributed by atoms with E-state index in [0.717, 1.165) is 0 Å². The van der Waals surface area contributed by atoms with Crippen LogP contribution in [0.15, 0.2) is 0 Å². The van der Waals surface area contributed by atoms with Gasteiger partial charge in [0, 0.05) is 0 Å². The molecule has 0 unspecified atom stereocenters. The maximum absolute atomic E-state index is 3.89. The van der Waals surface area contributed by atoms with Crippen LogP contribution in [0.4, 0.5) is 0 Å². The van der Waals surface area contributed by atoms with Crippen molar-refractivity contribution in [1.82, 2.24) is 0 Å². The van der Waals surface area contributed by atoms with Crippen LogP contribution in [0.5, 0.6) is 0 Å². The average molecular weight is 96.1 g/mol. The van der Waals surface area contributed by atoms with Crippen molar-refractivity contribution in [3.63, 3.8) is 0 Å². The molecule has 0 aliphatic rings. The van der Waals surface area contributed by atoms with E-state index in [1.165, 1.54) is 0 Å². The van der Waals surface area contributed by atoms with Gasteiger partial charge < -0.3 is 0 Å². The summed E-state index contributed by atoms with van der Waals surface area (Å²) in [4.78, 5) is 0. The molecule has 0 atom stereocenters. The van der Waals surface area contributed by atoms with Gasteiger partial charge in [0.25, 0.3) is 0 Å². The topological polar surface area (TPSA) is 0 Å². The van der Waals surface area contributed by atoms with Crippen molar-refractivity contribution in [3.05, 3.63) is 0 Å². The predicted molar refractivity (Wildman–Crippen MR) is 29.1 cm³/mol. The summed E-state index contributed by atoms with van der Waals surface area (Å²) < 4.78 is 0. The summed E-state index contributed by atoms with van der Waals surface area (Å²) in [6.45, 7) is 0. The Morgan fingerprint density at radius 2 is 1.00 bits per heavy atom. The molecule has 0 fully saturated rings. The molecule has 0 aromatic carbocycles. The van der Waals surface area contributed by atoms with Gasteiger partial charge in [0.05, 0.1) is 0 Å². The standard InChI is InChI=1S/2CH4.HPS/c;;1-2/h2*1H4;1H. The van der Waals surface area contributed by atoms with E-state index < -0.39 is 0 Å². The van der Waals surface area contributed by atoms with Gasteiger partial charge in [0.2, 0.25) is 0 Å². The van der Waals surface area contributed by atoms with Gasteiger partial charge in [-0.2, -0.15) is 0 Å². The average Bonchev–Trinajstić information content (AvgIpc) is 1.00. The molecule has 0 saturated heterocycles. The second kappa shape index (κ2) is 82.7. The molecule has 4 heavy (non-hydrogen) atoms. The van der Waals surface area contributed by atoms with Crippen LogP contribution in [0, 0.1) is 0 Å². The summed E-state index contributed by atoms with van der Waals surface area (Å²) in [6, 6.07) is 0. The highest BCUT2D eigenvalue weighted by atomic mass is 32.4. The molecule has 0 saturated carbocycles. The molecule has 0 N–H and O–H groups in total. The number of hydrogen-bond donors (Lipinski definition) is 0. The molecule has 0 aliphatic heterocycles. The highest BCUT2D eigenvalue weighted by Gasteiger charge is 0.655. The Bertz CT molecular complexity index is 6.00.